The van der Waals surface area contributed by atoms with E-state index in [1.165, 1.54) is 13.0 Å². The minimum absolute atomic E-state index is 0.950. The van der Waals surface area contributed by atoms with Crippen molar-refractivity contribution in [3.8, 4) is 5.75 Å². The molecule has 2 aromatic rings. The normalized spacial score (nSPS) is 10.7. The lowest BCUT2D eigenvalue weighted by Gasteiger charge is -2.01. The predicted molar refractivity (Wildman–Crippen MR) is 68.8 cm³/mol. The highest BCUT2D eigenvalue weighted by Crippen LogP contribution is 2.38. The summed E-state index contributed by atoms with van der Waals surface area (Å²) in [5, 5.41) is 1.23. The molecule has 1 nitrogen and oxygen atoms in total. The van der Waals surface area contributed by atoms with E-state index < -0.39 is 0 Å². The van der Waals surface area contributed by atoms with Crippen molar-refractivity contribution in [2.24, 2.45) is 0 Å². The molecule has 0 unspecified atom stereocenters. The van der Waals surface area contributed by atoms with Gasteiger partial charge in [-0.15, -0.1) is 11.3 Å². The van der Waals surface area contributed by atoms with E-state index in [0.717, 1.165) is 10.2 Å². The zero-order chi connectivity index (χ0) is 9.42. The van der Waals surface area contributed by atoms with Gasteiger partial charge in [0.1, 0.15) is 5.75 Å². The average molecular weight is 369 g/mol. The van der Waals surface area contributed by atoms with Crippen LogP contribution in [-0.4, -0.2) is 7.11 Å². The van der Waals surface area contributed by atoms with Crippen molar-refractivity contribution in [3.63, 3.8) is 0 Å². The third-order valence-electron chi connectivity index (χ3n) is 1.78. The minimum Gasteiger partial charge on any atom is -0.495 e. The Bertz CT molecular complexity index is 452. The molecule has 0 spiro atoms. The summed E-state index contributed by atoms with van der Waals surface area (Å²) in [6.07, 6.45) is 0. The third kappa shape index (κ3) is 1.71. The van der Waals surface area contributed by atoms with Crippen LogP contribution in [0.25, 0.3) is 10.1 Å². The molecule has 0 N–H and O–H groups in total. The molecule has 0 aliphatic rings. The van der Waals surface area contributed by atoms with Gasteiger partial charge in [0, 0.05) is 9.86 Å². The molecular formula is C9H6BrIOS. The van der Waals surface area contributed by atoms with E-state index in [0.29, 0.717) is 0 Å². The van der Waals surface area contributed by atoms with Crippen molar-refractivity contribution in [1.29, 1.82) is 0 Å². The van der Waals surface area contributed by atoms with E-state index in [9.17, 15) is 0 Å². The maximum Gasteiger partial charge on any atom is 0.136 e. The summed E-state index contributed by atoms with van der Waals surface area (Å²) in [5.41, 5.74) is 0. The molecule has 0 amide bonds. The molecule has 13 heavy (non-hydrogen) atoms. The second kappa shape index (κ2) is 3.74. The van der Waals surface area contributed by atoms with E-state index >= 15 is 0 Å². The molecule has 0 bridgehead atoms. The molecule has 0 aliphatic heterocycles. The molecule has 1 aromatic carbocycles. The first kappa shape index (κ1) is 9.73. The fraction of sp³-hybridized carbons (Fsp3) is 0.111. The van der Waals surface area contributed by atoms with Gasteiger partial charge in [-0.2, -0.15) is 0 Å². The lowest BCUT2D eigenvalue weighted by molar-refractivity contribution is 0.420. The largest absolute Gasteiger partial charge is 0.495 e. The highest BCUT2D eigenvalue weighted by atomic mass is 127. The first-order valence-corrected chi connectivity index (χ1v) is 6.32. The highest BCUT2D eigenvalue weighted by Gasteiger charge is 2.07. The van der Waals surface area contributed by atoms with Crippen LogP contribution >= 0.6 is 49.9 Å². The number of hydrogen-bond donors (Lipinski definition) is 0. The molecule has 0 saturated carbocycles. The second-order valence-electron chi connectivity index (χ2n) is 2.54. The number of halogens is 2. The number of hydrogen-bond acceptors (Lipinski definition) is 2. The molecule has 4 heteroatoms. The minimum atomic E-state index is 0.950. The smallest absolute Gasteiger partial charge is 0.136 e. The maximum atomic E-state index is 5.28. The average Bonchev–Trinajstić information content (AvgIpc) is 2.48. The number of rotatable bonds is 1. The van der Waals surface area contributed by atoms with Crippen LogP contribution < -0.4 is 4.74 Å². The Kier molecular flexibility index (Phi) is 2.80. The van der Waals surface area contributed by atoms with Crippen LogP contribution in [0.1, 0.15) is 0 Å². The van der Waals surface area contributed by atoms with Crippen molar-refractivity contribution in [2.45, 2.75) is 0 Å². The molecular weight excluding hydrogens is 363 g/mol. The second-order valence-corrected chi connectivity index (χ2v) is 6.34. The molecule has 0 aliphatic carbocycles. The molecule has 1 heterocycles. The molecule has 1 aromatic heterocycles. The van der Waals surface area contributed by atoms with Gasteiger partial charge in [-0.1, -0.05) is 15.9 Å². The summed E-state index contributed by atoms with van der Waals surface area (Å²) in [6.45, 7) is 0. The number of ether oxygens (including phenoxy) is 1. The van der Waals surface area contributed by atoms with Gasteiger partial charge in [0.2, 0.25) is 0 Å². The summed E-state index contributed by atoms with van der Waals surface area (Å²) < 4.78 is 8.89. The maximum absolute atomic E-state index is 5.28. The third-order valence-corrected chi connectivity index (χ3v) is 4.39. The summed E-state index contributed by atoms with van der Waals surface area (Å²) >= 11 is 7.60. The number of benzene rings is 1. The van der Waals surface area contributed by atoms with Crippen molar-refractivity contribution < 1.29 is 4.74 Å². The van der Waals surface area contributed by atoms with Gasteiger partial charge in [0.15, 0.2) is 0 Å². The lowest BCUT2D eigenvalue weighted by atomic mass is 10.2. The fourth-order valence-electron chi connectivity index (χ4n) is 1.20. The molecule has 68 valence electrons. The van der Waals surface area contributed by atoms with Crippen LogP contribution in [0.5, 0.6) is 5.75 Å². The van der Waals surface area contributed by atoms with Crippen LogP contribution in [0.4, 0.5) is 0 Å². The van der Waals surface area contributed by atoms with Gasteiger partial charge in [-0.05, 0) is 40.8 Å². The summed E-state index contributed by atoms with van der Waals surface area (Å²) in [7, 11) is 1.70. The standard InChI is InChI=1S/C9H6BrIOS/c1-12-7-3-2-6(10)5-4-8(11)13-9(5)7/h2-4H,1H3. The summed E-state index contributed by atoms with van der Waals surface area (Å²) in [4.78, 5) is 0. The van der Waals surface area contributed by atoms with Gasteiger partial charge >= 0.3 is 0 Å². The van der Waals surface area contributed by atoms with Gasteiger partial charge in [-0.25, -0.2) is 0 Å². The summed E-state index contributed by atoms with van der Waals surface area (Å²) in [5.74, 6) is 0.950. The Balaban J connectivity index is 2.83. The van der Waals surface area contributed by atoms with E-state index in [4.69, 9.17) is 4.74 Å². The van der Waals surface area contributed by atoms with Gasteiger partial charge in [-0.3, -0.25) is 0 Å². The molecule has 0 fully saturated rings. The van der Waals surface area contributed by atoms with Crippen LogP contribution in [0.15, 0.2) is 22.7 Å². The molecule has 2 rings (SSSR count). The van der Waals surface area contributed by atoms with Gasteiger partial charge < -0.3 is 4.74 Å². The molecule has 0 saturated heterocycles. The Morgan fingerprint density at radius 2 is 2.23 bits per heavy atom. The van der Waals surface area contributed by atoms with E-state index in [1.54, 1.807) is 18.4 Å². The van der Waals surface area contributed by atoms with Crippen molar-refractivity contribution in [3.05, 3.63) is 25.6 Å². The molecule has 0 atom stereocenters. The SMILES string of the molecule is COc1ccc(Br)c2cc(I)sc12. The first-order chi connectivity index (χ1) is 6.22. The van der Waals surface area contributed by atoms with Gasteiger partial charge in [0.25, 0.3) is 0 Å². The zero-order valence-corrected chi connectivity index (χ0v) is 11.4. The topological polar surface area (TPSA) is 9.23 Å². The fourth-order valence-corrected chi connectivity index (χ4v) is 3.65. The number of methoxy groups -OCH3 is 1. The quantitative estimate of drug-likeness (QED) is 0.683. The van der Waals surface area contributed by atoms with Crippen molar-refractivity contribution in [1.82, 2.24) is 0 Å². The summed E-state index contributed by atoms with van der Waals surface area (Å²) in [6, 6.07) is 6.16. The number of thiophene rings is 1. The highest BCUT2D eigenvalue weighted by molar-refractivity contribution is 14.1. The molecule has 0 radical (unpaired) electrons. The number of fused-ring (bicyclic) bond motifs is 1. The Hall–Kier alpha value is 0.190. The predicted octanol–water partition coefficient (Wildman–Crippen LogP) is 4.28. The van der Waals surface area contributed by atoms with Gasteiger partial charge in [0.05, 0.1) is 14.7 Å². The van der Waals surface area contributed by atoms with E-state index in [-0.39, 0.29) is 0 Å². The van der Waals surface area contributed by atoms with Crippen LogP contribution in [0, 0.1) is 2.88 Å². The lowest BCUT2D eigenvalue weighted by Crippen LogP contribution is -1.81. The zero-order valence-electron chi connectivity index (χ0n) is 6.80. The van der Waals surface area contributed by atoms with Crippen LogP contribution in [0.2, 0.25) is 0 Å². The van der Waals surface area contributed by atoms with Crippen molar-refractivity contribution >= 4 is 59.9 Å². The Morgan fingerprint density at radius 3 is 2.92 bits per heavy atom. The van der Waals surface area contributed by atoms with Crippen molar-refractivity contribution in [2.75, 3.05) is 7.11 Å². The van der Waals surface area contributed by atoms with E-state index in [1.807, 2.05) is 12.1 Å². The first-order valence-electron chi connectivity index (χ1n) is 3.64. The monoisotopic (exact) mass is 368 g/mol. The van der Waals surface area contributed by atoms with Crippen LogP contribution in [-0.2, 0) is 0 Å². The van der Waals surface area contributed by atoms with E-state index in [2.05, 4.69) is 44.6 Å². The Labute approximate surface area is 102 Å². The van der Waals surface area contributed by atoms with Crippen LogP contribution in [0.3, 0.4) is 0 Å². The Morgan fingerprint density at radius 1 is 1.46 bits per heavy atom.